The number of phenolic OH excluding ortho intramolecular Hbond substituents is 1. The number of Topliss-reactive ketones (excluding diaryl/α,β-unsaturated/α-hetero) is 1. The molecule has 0 bridgehead atoms. The van der Waals surface area contributed by atoms with Crippen molar-refractivity contribution in [2.24, 2.45) is 0 Å². The number of methoxy groups -OCH3 is 1. The number of likely N-dealkylation sites (N-methyl/N-ethyl adjacent to an activating group) is 1. The van der Waals surface area contributed by atoms with E-state index in [1.165, 1.54) is 18.1 Å². The van der Waals surface area contributed by atoms with Crippen LogP contribution in [0.2, 0.25) is 0 Å². The number of hydrogen-bond donors (Lipinski definition) is 2. The molecule has 1 atom stereocenters. The van der Waals surface area contributed by atoms with Gasteiger partial charge >= 0.3 is 0 Å². The minimum atomic E-state index is -0.827. The second kappa shape index (κ2) is 11.3. The number of aromatic hydroxyl groups is 1. The summed E-state index contributed by atoms with van der Waals surface area (Å²) in [6, 6.07) is 10.6. The molecule has 2 aromatic carbocycles. The molecule has 0 spiro atoms. The minimum absolute atomic E-state index is 0.000169. The Labute approximate surface area is 206 Å². The van der Waals surface area contributed by atoms with Gasteiger partial charge in [0.25, 0.3) is 11.7 Å². The first-order chi connectivity index (χ1) is 16.7. The van der Waals surface area contributed by atoms with Crippen LogP contribution in [0.1, 0.15) is 44.9 Å². The van der Waals surface area contributed by atoms with Crippen molar-refractivity contribution in [3.8, 4) is 17.2 Å². The molecule has 188 valence electrons. The third-order valence-electron chi connectivity index (χ3n) is 6.11. The van der Waals surface area contributed by atoms with Crippen LogP contribution in [0.3, 0.4) is 0 Å². The number of benzene rings is 2. The van der Waals surface area contributed by atoms with Crippen molar-refractivity contribution in [3.63, 3.8) is 0 Å². The minimum Gasteiger partial charge on any atom is -0.507 e. The van der Waals surface area contributed by atoms with Crippen molar-refractivity contribution in [2.75, 3.05) is 33.3 Å². The highest BCUT2D eigenvalue weighted by molar-refractivity contribution is 6.46. The van der Waals surface area contributed by atoms with Crippen LogP contribution in [0.5, 0.6) is 17.2 Å². The summed E-state index contributed by atoms with van der Waals surface area (Å²) in [6.07, 6.45) is -0.00458. The highest BCUT2D eigenvalue weighted by Gasteiger charge is 2.46. The zero-order valence-electron chi connectivity index (χ0n) is 20.9. The topological polar surface area (TPSA) is 99.5 Å². The Kier molecular flexibility index (Phi) is 8.40. The average Bonchev–Trinajstić information content (AvgIpc) is 3.09. The maximum Gasteiger partial charge on any atom is 0.295 e. The highest BCUT2D eigenvalue weighted by Crippen LogP contribution is 2.41. The predicted octanol–water partition coefficient (Wildman–Crippen LogP) is 3.95. The van der Waals surface area contributed by atoms with Crippen molar-refractivity contribution in [3.05, 3.63) is 59.2 Å². The Hall–Kier alpha value is -3.52. The zero-order chi connectivity index (χ0) is 25.7. The van der Waals surface area contributed by atoms with Gasteiger partial charge in [0.05, 0.1) is 24.8 Å². The van der Waals surface area contributed by atoms with E-state index in [0.29, 0.717) is 30.0 Å². The third-order valence-corrected chi connectivity index (χ3v) is 6.11. The molecular weight excluding hydrogens is 448 g/mol. The number of nitrogens with zero attached hydrogens (tertiary/aromatic N) is 2. The molecule has 1 aliphatic rings. The van der Waals surface area contributed by atoms with Gasteiger partial charge in [0.1, 0.15) is 11.5 Å². The second-order valence-electron chi connectivity index (χ2n) is 8.64. The summed E-state index contributed by atoms with van der Waals surface area (Å²) >= 11 is 0. The Bertz CT molecular complexity index is 1090. The molecule has 8 heteroatoms. The fourth-order valence-electron chi connectivity index (χ4n) is 4.23. The molecule has 2 N–H and O–H groups in total. The molecule has 1 fully saturated rings. The SMILES string of the molecule is CCN(CC)CCN1C(=O)C(=O)/C(=C(\O)c2ccc(OC(C)C)cc2)C1c1ccc(O)c(OC)c1. The quantitative estimate of drug-likeness (QED) is 0.300. The first-order valence-electron chi connectivity index (χ1n) is 11.9. The summed E-state index contributed by atoms with van der Waals surface area (Å²) < 4.78 is 10.9. The Morgan fingerprint density at radius 3 is 2.31 bits per heavy atom. The van der Waals surface area contributed by atoms with Gasteiger partial charge in [0, 0.05) is 18.7 Å². The van der Waals surface area contributed by atoms with Gasteiger partial charge in [-0.05, 0) is 68.9 Å². The lowest BCUT2D eigenvalue weighted by Crippen LogP contribution is -2.38. The molecule has 8 nitrogen and oxygen atoms in total. The molecule has 3 rings (SSSR count). The van der Waals surface area contributed by atoms with Crippen molar-refractivity contribution < 1.29 is 29.3 Å². The number of carbonyl (C=O) groups is 2. The summed E-state index contributed by atoms with van der Waals surface area (Å²) in [5.41, 5.74) is 0.957. The molecule has 0 aliphatic carbocycles. The number of ketones is 1. The van der Waals surface area contributed by atoms with E-state index in [1.54, 1.807) is 36.4 Å². The second-order valence-corrected chi connectivity index (χ2v) is 8.64. The summed E-state index contributed by atoms with van der Waals surface area (Å²) in [4.78, 5) is 30.0. The normalized spacial score (nSPS) is 17.5. The number of phenols is 1. The van der Waals surface area contributed by atoms with Gasteiger partial charge < -0.3 is 29.5 Å². The van der Waals surface area contributed by atoms with E-state index in [1.807, 2.05) is 27.7 Å². The van der Waals surface area contributed by atoms with Gasteiger partial charge in [-0.3, -0.25) is 9.59 Å². The molecule has 1 unspecified atom stereocenters. The molecule has 0 aromatic heterocycles. The summed E-state index contributed by atoms with van der Waals surface area (Å²) in [6.45, 7) is 10.4. The molecule has 1 amide bonds. The van der Waals surface area contributed by atoms with Crippen LogP contribution >= 0.6 is 0 Å². The number of amides is 1. The van der Waals surface area contributed by atoms with Gasteiger partial charge in [-0.25, -0.2) is 0 Å². The molecule has 0 radical (unpaired) electrons. The van der Waals surface area contributed by atoms with Crippen LogP contribution in [0, 0.1) is 0 Å². The summed E-state index contributed by atoms with van der Waals surface area (Å²) in [7, 11) is 1.43. The van der Waals surface area contributed by atoms with E-state index in [4.69, 9.17) is 9.47 Å². The smallest absolute Gasteiger partial charge is 0.295 e. The fraction of sp³-hybridized carbons (Fsp3) is 0.407. The zero-order valence-corrected chi connectivity index (χ0v) is 20.9. The van der Waals surface area contributed by atoms with Crippen LogP contribution in [-0.4, -0.2) is 71.1 Å². The van der Waals surface area contributed by atoms with Crippen LogP contribution in [0.4, 0.5) is 0 Å². The standard InChI is InChI=1S/C27H34N2O6/c1-6-28(7-2)14-15-29-24(19-10-13-21(30)22(16-19)34-5)23(26(32)27(29)33)25(31)18-8-11-20(12-9-18)35-17(3)4/h8-13,16-17,24,30-31H,6-7,14-15H2,1-5H3/b25-23-. The van der Waals surface area contributed by atoms with Gasteiger partial charge in [-0.1, -0.05) is 19.9 Å². The largest absolute Gasteiger partial charge is 0.507 e. The first kappa shape index (κ1) is 26.1. The van der Waals surface area contributed by atoms with E-state index >= 15 is 0 Å². The van der Waals surface area contributed by atoms with Crippen molar-refractivity contribution in [2.45, 2.75) is 39.8 Å². The van der Waals surface area contributed by atoms with Gasteiger partial charge in [-0.15, -0.1) is 0 Å². The molecule has 35 heavy (non-hydrogen) atoms. The highest BCUT2D eigenvalue weighted by atomic mass is 16.5. The van der Waals surface area contributed by atoms with Crippen LogP contribution in [0.15, 0.2) is 48.0 Å². The molecule has 1 saturated heterocycles. The van der Waals surface area contributed by atoms with E-state index in [0.717, 1.165) is 13.1 Å². The molecule has 2 aromatic rings. The summed E-state index contributed by atoms with van der Waals surface area (Å²) in [5, 5.41) is 21.3. The Morgan fingerprint density at radius 1 is 1.09 bits per heavy atom. The monoisotopic (exact) mass is 482 g/mol. The number of aliphatic hydroxyl groups excluding tert-OH is 1. The van der Waals surface area contributed by atoms with Gasteiger partial charge in [-0.2, -0.15) is 0 Å². The van der Waals surface area contributed by atoms with Crippen molar-refractivity contribution >= 4 is 17.4 Å². The van der Waals surface area contributed by atoms with Crippen molar-refractivity contribution in [1.29, 1.82) is 0 Å². The third kappa shape index (κ3) is 5.59. The maximum absolute atomic E-state index is 13.2. The number of aliphatic hydroxyl groups is 1. The predicted molar refractivity (Wildman–Crippen MR) is 134 cm³/mol. The molecule has 0 saturated carbocycles. The lowest BCUT2D eigenvalue weighted by Gasteiger charge is -2.28. The molecule has 1 heterocycles. The van der Waals surface area contributed by atoms with Crippen LogP contribution in [0.25, 0.3) is 5.76 Å². The van der Waals surface area contributed by atoms with Gasteiger partial charge in [0.15, 0.2) is 11.5 Å². The van der Waals surface area contributed by atoms with Crippen LogP contribution in [-0.2, 0) is 9.59 Å². The molecular formula is C27H34N2O6. The lowest BCUT2D eigenvalue weighted by atomic mass is 9.95. The Morgan fingerprint density at radius 2 is 1.74 bits per heavy atom. The maximum atomic E-state index is 13.2. The number of hydrogen-bond acceptors (Lipinski definition) is 7. The van der Waals surface area contributed by atoms with E-state index in [2.05, 4.69) is 4.90 Å². The number of carbonyl (C=O) groups excluding carboxylic acids is 2. The fourth-order valence-corrected chi connectivity index (χ4v) is 4.23. The van der Waals surface area contributed by atoms with E-state index in [9.17, 15) is 19.8 Å². The lowest BCUT2D eigenvalue weighted by molar-refractivity contribution is -0.140. The number of rotatable bonds is 10. The van der Waals surface area contributed by atoms with Crippen molar-refractivity contribution in [1.82, 2.24) is 9.80 Å². The number of ether oxygens (including phenoxy) is 2. The Balaban J connectivity index is 2.09. The summed E-state index contributed by atoms with van der Waals surface area (Å²) in [5.74, 6) is -0.890. The van der Waals surface area contributed by atoms with E-state index < -0.39 is 17.7 Å². The average molecular weight is 483 g/mol. The molecule has 1 aliphatic heterocycles. The van der Waals surface area contributed by atoms with E-state index in [-0.39, 0.29) is 28.9 Å². The number of likely N-dealkylation sites (tertiary alicyclic amines) is 1. The first-order valence-corrected chi connectivity index (χ1v) is 11.9. The van der Waals surface area contributed by atoms with Crippen LogP contribution < -0.4 is 9.47 Å². The van der Waals surface area contributed by atoms with Gasteiger partial charge in [0.2, 0.25) is 0 Å².